The Labute approximate surface area is 112 Å². The Balaban J connectivity index is 1.47. The zero-order chi connectivity index (χ0) is 12.9. The van der Waals surface area contributed by atoms with E-state index in [4.69, 9.17) is 0 Å². The molecule has 100 valence electrons. The van der Waals surface area contributed by atoms with Gasteiger partial charge in [-0.15, -0.1) is 0 Å². The van der Waals surface area contributed by atoms with Crippen LogP contribution < -0.4 is 16.0 Å². The van der Waals surface area contributed by atoms with Crippen LogP contribution in [-0.2, 0) is 0 Å². The first-order valence-electron chi connectivity index (χ1n) is 6.75. The number of hydrogen-bond donors (Lipinski definition) is 4. The summed E-state index contributed by atoms with van der Waals surface area (Å²) in [7, 11) is 0. The van der Waals surface area contributed by atoms with E-state index >= 15 is 0 Å². The summed E-state index contributed by atoms with van der Waals surface area (Å²) in [5, 5.41) is 11.2. The molecule has 1 aliphatic rings. The lowest BCUT2D eigenvalue weighted by Gasteiger charge is -2.16. The van der Waals surface area contributed by atoms with E-state index in [1.54, 1.807) is 0 Å². The van der Waals surface area contributed by atoms with Crippen molar-refractivity contribution in [3.63, 3.8) is 0 Å². The van der Waals surface area contributed by atoms with Crippen molar-refractivity contribution in [3.05, 3.63) is 30.5 Å². The molecule has 0 amide bonds. The lowest BCUT2D eigenvalue weighted by molar-refractivity contribution is 0.705. The van der Waals surface area contributed by atoms with Crippen LogP contribution >= 0.6 is 0 Å². The highest BCUT2D eigenvalue weighted by Gasteiger charge is 2.02. The number of nitrogens with one attached hydrogen (secondary N) is 4. The molecule has 0 aliphatic carbocycles. The Morgan fingerprint density at radius 1 is 1.16 bits per heavy atom. The van der Waals surface area contributed by atoms with Gasteiger partial charge in [-0.2, -0.15) is 0 Å². The summed E-state index contributed by atoms with van der Waals surface area (Å²) >= 11 is 0. The molecule has 0 spiro atoms. The summed E-state index contributed by atoms with van der Waals surface area (Å²) in [5.74, 6) is 0.925. The van der Waals surface area contributed by atoms with Crippen LogP contribution in [-0.4, -0.2) is 37.1 Å². The molecule has 5 heteroatoms. The van der Waals surface area contributed by atoms with Gasteiger partial charge in [-0.25, -0.2) is 0 Å². The highest BCUT2D eigenvalue weighted by atomic mass is 15.2. The van der Waals surface area contributed by atoms with Gasteiger partial charge in [-0.05, 0) is 30.7 Å². The summed E-state index contributed by atoms with van der Waals surface area (Å²) in [6, 6.07) is 8.43. The van der Waals surface area contributed by atoms with E-state index in [1.807, 2.05) is 6.20 Å². The summed E-state index contributed by atoms with van der Waals surface area (Å²) in [4.78, 5) is 7.56. The molecule has 1 aliphatic heterocycles. The second-order valence-electron chi connectivity index (χ2n) is 4.64. The van der Waals surface area contributed by atoms with Crippen LogP contribution in [0.3, 0.4) is 0 Å². The average molecular weight is 257 g/mol. The number of hydrogen-bond acceptors (Lipinski definition) is 4. The molecule has 1 aromatic heterocycles. The van der Waals surface area contributed by atoms with E-state index in [9.17, 15) is 0 Å². The third-order valence-electron chi connectivity index (χ3n) is 3.20. The molecule has 2 aromatic rings. The zero-order valence-electron chi connectivity index (χ0n) is 10.9. The predicted molar refractivity (Wildman–Crippen MR) is 79.7 cm³/mol. The van der Waals surface area contributed by atoms with Crippen LogP contribution in [0.4, 0.5) is 5.69 Å². The van der Waals surface area contributed by atoms with E-state index < -0.39 is 0 Å². The van der Waals surface area contributed by atoms with E-state index in [0.29, 0.717) is 0 Å². The van der Waals surface area contributed by atoms with E-state index in [2.05, 4.69) is 50.2 Å². The summed E-state index contributed by atoms with van der Waals surface area (Å²) in [6.45, 7) is 3.67. The number of aromatic nitrogens is 1. The first kappa shape index (κ1) is 11.9. The Morgan fingerprint density at radius 2 is 2.11 bits per heavy atom. The van der Waals surface area contributed by atoms with Gasteiger partial charge >= 0.3 is 0 Å². The van der Waals surface area contributed by atoms with Gasteiger partial charge in [0.1, 0.15) is 0 Å². The van der Waals surface area contributed by atoms with E-state index in [-0.39, 0.29) is 0 Å². The first-order valence-corrected chi connectivity index (χ1v) is 6.75. The highest BCUT2D eigenvalue weighted by molar-refractivity contribution is 5.83. The van der Waals surface area contributed by atoms with Gasteiger partial charge in [-0.1, -0.05) is 0 Å². The van der Waals surface area contributed by atoms with Crippen LogP contribution in [0.25, 0.3) is 10.9 Å². The largest absolute Gasteiger partial charge is 0.383 e. The van der Waals surface area contributed by atoms with E-state index in [1.165, 1.54) is 10.9 Å². The standard InChI is InChI=1S/C14H19N5/c1-5-17-14(18-6-1)19-9-8-15-12-2-3-13-11(10-12)4-7-16-13/h2-4,7,10,15-16H,1,5-6,8-9H2,(H2,17,18,19). The molecule has 0 saturated carbocycles. The molecule has 3 rings (SSSR count). The number of aromatic amines is 1. The second-order valence-corrected chi connectivity index (χ2v) is 4.64. The number of guanidine groups is 1. The molecule has 0 bridgehead atoms. The Hall–Kier alpha value is -2.17. The fourth-order valence-electron chi connectivity index (χ4n) is 2.20. The average Bonchev–Trinajstić information content (AvgIpc) is 2.92. The SMILES string of the molecule is c1cc2cc(NCCNC3=NCCCN3)ccc2[nH]1. The number of nitrogens with zero attached hydrogens (tertiary/aromatic N) is 1. The Kier molecular flexibility index (Phi) is 3.54. The molecule has 5 nitrogen and oxygen atoms in total. The van der Waals surface area contributed by atoms with Gasteiger partial charge in [-0.3, -0.25) is 4.99 Å². The number of benzene rings is 1. The van der Waals surface area contributed by atoms with Crippen LogP contribution in [0.2, 0.25) is 0 Å². The van der Waals surface area contributed by atoms with Crippen molar-refractivity contribution in [1.29, 1.82) is 0 Å². The number of H-pyrrole nitrogens is 1. The molecule has 2 heterocycles. The smallest absolute Gasteiger partial charge is 0.191 e. The molecule has 4 N–H and O–H groups in total. The highest BCUT2D eigenvalue weighted by Crippen LogP contribution is 2.17. The third kappa shape index (κ3) is 2.99. The normalized spacial score (nSPS) is 14.8. The maximum atomic E-state index is 4.37. The van der Waals surface area contributed by atoms with Crippen molar-refractivity contribution in [2.45, 2.75) is 6.42 Å². The number of rotatable bonds is 4. The maximum absolute atomic E-state index is 4.37. The number of anilines is 1. The van der Waals surface area contributed by atoms with E-state index in [0.717, 1.165) is 44.2 Å². The van der Waals surface area contributed by atoms with Crippen LogP contribution in [0.1, 0.15) is 6.42 Å². The molecule has 0 unspecified atom stereocenters. The van der Waals surface area contributed by atoms with Gasteiger partial charge in [0.25, 0.3) is 0 Å². The Morgan fingerprint density at radius 3 is 3.00 bits per heavy atom. The van der Waals surface area contributed by atoms with Gasteiger partial charge in [0.05, 0.1) is 0 Å². The quantitative estimate of drug-likeness (QED) is 0.628. The molecule has 1 aromatic carbocycles. The molecular formula is C14H19N5. The fourth-order valence-corrected chi connectivity index (χ4v) is 2.20. The first-order chi connectivity index (χ1) is 9.42. The van der Waals surface area contributed by atoms with Crippen molar-refractivity contribution in [2.75, 3.05) is 31.5 Å². The van der Waals surface area contributed by atoms with Gasteiger partial charge < -0.3 is 20.9 Å². The van der Waals surface area contributed by atoms with Gasteiger partial charge in [0, 0.05) is 49.0 Å². The molecular weight excluding hydrogens is 238 g/mol. The number of fused-ring (bicyclic) bond motifs is 1. The number of aliphatic imine (C=N–C) groups is 1. The fraction of sp³-hybridized carbons (Fsp3) is 0.357. The van der Waals surface area contributed by atoms with Gasteiger partial charge in [0.2, 0.25) is 0 Å². The monoisotopic (exact) mass is 257 g/mol. The van der Waals surface area contributed by atoms with Crippen molar-refractivity contribution in [2.24, 2.45) is 4.99 Å². The second kappa shape index (κ2) is 5.65. The summed E-state index contributed by atoms with van der Waals surface area (Å²) in [5.41, 5.74) is 2.32. The zero-order valence-corrected chi connectivity index (χ0v) is 10.9. The molecule has 0 saturated heterocycles. The van der Waals surface area contributed by atoms with Crippen LogP contribution in [0.15, 0.2) is 35.5 Å². The molecule has 0 radical (unpaired) electrons. The predicted octanol–water partition coefficient (Wildman–Crippen LogP) is 1.52. The van der Waals surface area contributed by atoms with Crippen LogP contribution in [0, 0.1) is 0 Å². The van der Waals surface area contributed by atoms with Crippen molar-refractivity contribution in [3.8, 4) is 0 Å². The van der Waals surface area contributed by atoms with Crippen molar-refractivity contribution < 1.29 is 0 Å². The summed E-state index contributed by atoms with van der Waals surface area (Å²) in [6.07, 6.45) is 3.09. The van der Waals surface area contributed by atoms with Gasteiger partial charge in [0.15, 0.2) is 5.96 Å². The minimum absolute atomic E-state index is 0.858. The summed E-state index contributed by atoms with van der Waals surface area (Å²) < 4.78 is 0. The molecule has 0 atom stereocenters. The third-order valence-corrected chi connectivity index (χ3v) is 3.20. The molecule has 19 heavy (non-hydrogen) atoms. The maximum Gasteiger partial charge on any atom is 0.191 e. The lowest BCUT2D eigenvalue weighted by Crippen LogP contribution is -2.42. The minimum atomic E-state index is 0.858. The topological polar surface area (TPSA) is 64.2 Å². The van der Waals surface area contributed by atoms with Crippen molar-refractivity contribution >= 4 is 22.5 Å². The molecule has 0 fully saturated rings. The van der Waals surface area contributed by atoms with Crippen LogP contribution in [0.5, 0.6) is 0 Å². The Bertz CT molecular complexity index is 572. The minimum Gasteiger partial charge on any atom is -0.383 e. The van der Waals surface area contributed by atoms with Crippen molar-refractivity contribution in [1.82, 2.24) is 15.6 Å². The lowest BCUT2D eigenvalue weighted by atomic mass is 10.2.